The van der Waals surface area contributed by atoms with Crippen LogP contribution in [-0.2, 0) is 4.79 Å². The van der Waals surface area contributed by atoms with Gasteiger partial charge in [0.25, 0.3) is 5.91 Å². The number of rotatable bonds is 5. The maximum absolute atomic E-state index is 12.4. The molecule has 0 radical (unpaired) electrons. The number of aryl methyl sites for hydroxylation is 1. The van der Waals surface area contributed by atoms with E-state index in [4.69, 9.17) is 11.5 Å². The predicted octanol–water partition coefficient (Wildman–Crippen LogP) is 2.34. The Balaban J connectivity index is 2.30. The first kappa shape index (κ1) is 15.2. The molecule has 0 aliphatic heterocycles. The number of aromatic nitrogens is 1. The van der Waals surface area contributed by atoms with E-state index in [-0.39, 0.29) is 6.54 Å². The topological polar surface area (TPSA) is 70.5 Å². The summed E-state index contributed by atoms with van der Waals surface area (Å²) in [5.74, 6) is 0.813. The van der Waals surface area contributed by atoms with E-state index in [2.05, 4.69) is 10.9 Å². The Morgan fingerprint density at radius 3 is 2.86 bits per heavy atom. The lowest BCUT2D eigenvalue weighted by molar-refractivity contribution is -0.137. The number of thiazole rings is 1. The largest absolute Gasteiger partial charge is 0.480 e. The monoisotopic (exact) mass is 320 g/mol. The van der Waals surface area contributed by atoms with Crippen molar-refractivity contribution in [3.05, 3.63) is 28.1 Å². The van der Waals surface area contributed by atoms with Crippen molar-refractivity contribution in [1.29, 1.82) is 0 Å². The maximum Gasteiger partial charge on any atom is 0.323 e. The Hall–Kier alpha value is -2.17. The molecule has 1 amide bonds. The number of carboxylic acid groups (broad SMARTS) is 1. The summed E-state index contributed by atoms with van der Waals surface area (Å²) in [5.41, 5.74) is 0.584. The molecule has 0 unspecified atom stereocenters. The van der Waals surface area contributed by atoms with Gasteiger partial charge in [0.1, 0.15) is 16.4 Å². The number of terminal acetylenes is 1. The summed E-state index contributed by atoms with van der Waals surface area (Å²) in [6.45, 7) is 1.27. The van der Waals surface area contributed by atoms with Crippen LogP contribution in [0.2, 0.25) is 0 Å². The van der Waals surface area contributed by atoms with Gasteiger partial charge < -0.3 is 10.0 Å². The van der Waals surface area contributed by atoms with E-state index in [0.717, 1.165) is 14.8 Å². The van der Waals surface area contributed by atoms with Crippen molar-refractivity contribution >= 4 is 34.6 Å². The zero-order valence-electron chi connectivity index (χ0n) is 11.2. The van der Waals surface area contributed by atoms with Crippen molar-refractivity contribution in [3.8, 4) is 22.2 Å². The second-order valence-electron chi connectivity index (χ2n) is 4.17. The van der Waals surface area contributed by atoms with Gasteiger partial charge in [0.2, 0.25) is 0 Å². The standard InChI is InChI=1S/C14H12N2O3S2/c1-3-6-16(8-11(17)18)14(19)12-9(2)15-13(21-12)10-5-4-7-20-10/h1,4-5,7H,6,8H2,2H3,(H,17,18). The third kappa shape index (κ3) is 3.48. The summed E-state index contributed by atoms with van der Waals surface area (Å²) in [5, 5.41) is 11.5. The van der Waals surface area contributed by atoms with Crippen LogP contribution in [0.5, 0.6) is 0 Å². The predicted molar refractivity (Wildman–Crippen MR) is 82.5 cm³/mol. The van der Waals surface area contributed by atoms with E-state index in [0.29, 0.717) is 10.6 Å². The zero-order chi connectivity index (χ0) is 15.4. The molecule has 0 aliphatic rings. The van der Waals surface area contributed by atoms with Gasteiger partial charge >= 0.3 is 5.97 Å². The number of thiophene rings is 1. The first-order valence-electron chi connectivity index (χ1n) is 5.98. The molecule has 2 heterocycles. The second-order valence-corrected chi connectivity index (χ2v) is 6.12. The highest BCUT2D eigenvalue weighted by Crippen LogP contribution is 2.31. The van der Waals surface area contributed by atoms with Gasteiger partial charge in [-0.25, -0.2) is 4.98 Å². The molecule has 0 saturated carbocycles. The van der Waals surface area contributed by atoms with E-state index in [1.807, 2.05) is 17.5 Å². The molecule has 0 spiro atoms. The number of hydrogen-bond donors (Lipinski definition) is 1. The third-order valence-electron chi connectivity index (χ3n) is 2.62. The number of aliphatic carboxylic acids is 1. The number of carboxylic acids is 1. The van der Waals surface area contributed by atoms with Gasteiger partial charge in [0, 0.05) is 0 Å². The van der Waals surface area contributed by atoms with Crippen molar-refractivity contribution in [2.45, 2.75) is 6.92 Å². The van der Waals surface area contributed by atoms with Gasteiger partial charge in [-0.1, -0.05) is 12.0 Å². The lowest BCUT2D eigenvalue weighted by Crippen LogP contribution is -2.35. The average molecular weight is 320 g/mol. The Bertz CT molecular complexity index is 698. The van der Waals surface area contributed by atoms with Gasteiger partial charge in [-0.3, -0.25) is 9.59 Å². The van der Waals surface area contributed by atoms with Crippen LogP contribution in [0.1, 0.15) is 15.4 Å². The lowest BCUT2D eigenvalue weighted by atomic mass is 10.3. The molecule has 0 aliphatic carbocycles. The zero-order valence-corrected chi connectivity index (χ0v) is 12.8. The Morgan fingerprint density at radius 2 is 2.29 bits per heavy atom. The molecule has 2 aromatic rings. The fraction of sp³-hybridized carbons (Fsp3) is 0.214. The van der Waals surface area contributed by atoms with E-state index >= 15 is 0 Å². The van der Waals surface area contributed by atoms with Gasteiger partial charge in [-0.15, -0.1) is 29.1 Å². The van der Waals surface area contributed by atoms with Gasteiger partial charge in [-0.2, -0.15) is 0 Å². The molecule has 0 bridgehead atoms. The van der Waals surface area contributed by atoms with Crippen LogP contribution < -0.4 is 0 Å². The molecule has 7 heteroatoms. The number of amides is 1. The third-order valence-corrected chi connectivity index (χ3v) is 4.80. The van der Waals surface area contributed by atoms with Crippen LogP contribution in [0.25, 0.3) is 9.88 Å². The summed E-state index contributed by atoms with van der Waals surface area (Å²) in [4.78, 5) is 30.1. The Labute approximate surface area is 129 Å². The minimum absolute atomic E-state index is 0.0448. The van der Waals surface area contributed by atoms with Crippen LogP contribution in [0.4, 0.5) is 0 Å². The number of carbonyl (C=O) groups excluding carboxylic acids is 1. The van der Waals surface area contributed by atoms with E-state index in [1.165, 1.54) is 22.7 Å². The summed E-state index contributed by atoms with van der Waals surface area (Å²) < 4.78 is 0. The fourth-order valence-electron chi connectivity index (χ4n) is 1.72. The molecule has 108 valence electrons. The van der Waals surface area contributed by atoms with E-state index < -0.39 is 18.4 Å². The highest BCUT2D eigenvalue weighted by Gasteiger charge is 2.23. The Kier molecular flexibility index (Phi) is 4.73. The molecule has 2 rings (SSSR count). The van der Waals surface area contributed by atoms with Crippen LogP contribution >= 0.6 is 22.7 Å². The molecule has 0 atom stereocenters. The molecule has 0 saturated heterocycles. The average Bonchev–Trinajstić information content (AvgIpc) is 3.05. The molecule has 2 aromatic heterocycles. The van der Waals surface area contributed by atoms with Crippen molar-refractivity contribution in [2.75, 3.05) is 13.1 Å². The van der Waals surface area contributed by atoms with Crippen LogP contribution in [0, 0.1) is 19.3 Å². The van der Waals surface area contributed by atoms with Crippen molar-refractivity contribution < 1.29 is 14.7 Å². The summed E-state index contributed by atoms with van der Waals surface area (Å²) >= 11 is 2.79. The normalized spacial score (nSPS) is 10.1. The first-order chi connectivity index (χ1) is 10.0. The van der Waals surface area contributed by atoms with Gasteiger partial charge in [-0.05, 0) is 18.4 Å². The summed E-state index contributed by atoms with van der Waals surface area (Å²) in [6.07, 6.45) is 5.19. The molecule has 0 aromatic carbocycles. The SMILES string of the molecule is C#CCN(CC(=O)O)C(=O)c1sc(-c2cccs2)nc1C. The Morgan fingerprint density at radius 1 is 1.52 bits per heavy atom. The molecule has 21 heavy (non-hydrogen) atoms. The van der Waals surface area contributed by atoms with E-state index in [1.54, 1.807) is 6.92 Å². The fourth-order valence-corrected chi connectivity index (χ4v) is 3.55. The number of carbonyl (C=O) groups is 2. The molecule has 1 N–H and O–H groups in total. The van der Waals surface area contributed by atoms with Gasteiger partial charge in [0.15, 0.2) is 0 Å². The van der Waals surface area contributed by atoms with Crippen molar-refractivity contribution in [1.82, 2.24) is 9.88 Å². The summed E-state index contributed by atoms with van der Waals surface area (Å²) in [7, 11) is 0. The molecule has 5 nitrogen and oxygen atoms in total. The second kappa shape index (κ2) is 6.52. The van der Waals surface area contributed by atoms with Crippen molar-refractivity contribution in [3.63, 3.8) is 0 Å². The smallest absolute Gasteiger partial charge is 0.323 e. The minimum atomic E-state index is -1.10. The summed E-state index contributed by atoms with van der Waals surface area (Å²) in [6, 6.07) is 3.83. The minimum Gasteiger partial charge on any atom is -0.480 e. The number of hydrogen-bond acceptors (Lipinski definition) is 5. The molecular formula is C14H12N2O3S2. The van der Waals surface area contributed by atoms with Gasteiger partial charge in [0.05, 0.1) is 17.1 Å². The van der Waals surface area contributed by atoms with Crippen LogP contribution in [-0.4, -0.2) is 40.0 Å². The first-order valence-corrected chi connectivity index (χ1v) is 7.68. The van der Waals surface area contributed by atoms with Crippen LogP contribution in [0.3, 0.4) is 0 Å². The van der Waals surface area contributed by atoms with Crippen LogP contribution in [0.15, 0.2) is 17.5 Å². The molecule has 0 fully saturated rings. The quantitative estimate of drug-likeness (QED) is 0.859. The number of nitrogens with zero attached hydrogens (tertiary/aromatic N) is 2. The van der Waals surface area contributed by atoms with Crippen molar-refractivity contribution in [2.24, 2.45) is 0 Å². The lowest BCUT2D eigenvalue weighted by Gasteiger charge is -2.16. The van der Waals surface area contributed by atoms with E-state index in [9.17, 15) is 9.59 Å². The maximum atomic E-state index is 12.4. The molecular weight excluding hydrogens is 308 g/mol. The highest BCUT2D eigenvalue weighted by molar-refractivity contribution is 7.22. The highest BCUT2D eigenvalue weighted by atomic mass is 32.1.